The van der Waals surface area contributed by atoms with E-state index in [4.69, 9.17) is 0 Å². The molecule has 0 radical (unpaired) electrons. The topological polar surface area (TPSA) is 34.0 Å². The SMILES string of the molecule is Cn1ccc(CNC(=O)c2ccc(F)c(F)c2)c1. The maximum absolute atomic E-state index is 12.9. The molecule has 1 N–H and O–H groups in total. The average Bonchev–Trinajstić information content (AvgIpc) is 2.75. The van der Waals surface area contributed by atoms with Gasteiger partial charge >= 0.3 is 0 Å². The first-order chi connectivity index (χ1) is 8.56. The van der Waals surface area contributed by atoms with Crippen LogP contribution in [0.25, 0.3) is 0 Å². The van der Waals surface area contributed by atoms with Crippen LogP contribution < -0.4 is 5.32 Å². The summed E-state index contributed by atoms with van der Waals surface area (Å²) in [4.78, 5) is 11.7. The van der Waals surface area contributed by atoms with Crippen LogP contribution >= 0.6 is 0 Å². The van der Waals surface area contributed by atoms with Crippen molar-refractivity contribution in [2.24, 2.45) is 7.05 Å². The Morgan fingerprint density at radius 2 is 2.06 bits per heavy atom. The molecule has 0 fully saturated rings. The first-order valence-corrected chi connectivity index (χ1v) is 5.40. The minimum absolute atomic E-state index is 0.102. The van der Waals surface area contributed by atoms with E-state index in [2.05, 4.69) is 5.32 Å². The van der Waals surface area contributed by atoms with Crippen molar-refractivity contribution in [2.45, 2.75) is 6.54 Å². The molecule has 0 saturated carbocycles. The van der Waals surface area contributed by atoms with Gasteiger partial charge < -0.3 is 9.88 Å². The molecule has 5 heteroatoms. The highest BCUT2D eigenvalue weighted by Crippen LogP contribution is 2.09. The summed E-state index contributed by atoms with van der Waals surface area (Å²) in [7, 11) is 1.88. The van der Waals surface area contributed by atoms with Gasteiger partial charge in [-0.3, -0.25) is 4.79 Å². The predicted octanol–water partition coefficient (Wildman–Crippen LogP) is 2.23. The van der Waals surface area contributed by atoms with Gasteiger partial charge in [0.15, 0.2) is 11.6 Å². The van der Waals surface area contributed by atoms with Crippen molar-refractivity contribution in [3.8, 4) is 0 Å². The monoisotopic (exact) mass is 250 g/mol. The van der Waals surface area contributed by atoms with Crippen LogP contribution in [0.4, 0.5) is 8.78 Å². The first kappa shape index (κ1) is 12.3. The highest BCUT2D eigenvalue weighted by molar-refractivity contribution is 5.94. The Hall–Kier alpha value is -2.17. The van der Waals surface area contributed by atoms with E-state index in [1.54, 1.807) is 0 Å². The second-order valence-electron chi connectivity index (χ2n) is 4.00. The van der Waals surface area contributed by atoms with Gasteiger partial charge in [0.1, 0.15) is 0 Å². The summed E-state index contributed by atoms with van der Waals surface area (Å²) in [6.45, 7) is 0.346. The fraction of sp³-hybridized carbons (Fsp3) is 0.154. The van der Waals surface area contributed by atoms with Gasteiger partial charge in [0.2, 0.25) is 0 Å². The first-order valence-electron chi connectivity index (χ1n) is 5.40. The van der Waals surface area contributed by atoms with Gasteiger partial charge in [-0.25, -0.2) is 8.78 Å². The minimum atomic E-state index is -1.03. The molecule has 3 nitrogen and oxygen atoms in total. The number of amides is 1. The Balaban J connectivity index is 2.01. The Morgan fingerprint density at radius 3 is 2.67 bits per heavy atom. The predicted molar refractivity (Wildman–Crippen MR) is 62.9 cm³/mol. The number of carbonyl (C=O) groups is 1. The zero-order valence-electron chi connectivity index (χ0n) is 9.78. The molecule has 0 aliphatic rings. The van der Waals surface area contributed by atoms with Crippen LogP contribution in [-0.4, -0.2) is 10.5 Å². The van der Waals surface area contributed by atoms with Crippen molar-refractivity contribution in [3.05, 3.63) is 59.4 Å². The summed E-state index contributed by atoms with van der Waals surface area (Å²) in [5.74, 6) is -2.42. The van der Waals surface area contributed by atoms with E-state index in [9.17, 15) is 13.6 Å². The summed E-state index contributed by atoms with van der Waals surface area (Å²) >= 11 is 0. The molecule has 94 valence electrons. The molecule has 0 spiro atoms. The molecule has 1 aromatic carbocycles. The van der Waals surface area contributed by atoms with Crippen molar-refractivity contribution in [3.63, 3.8) is 0 Å². The van der Waals surface area contributed by atoms with E-state index in [1.165, 1.54) is 6.07 Å². The number of aromatic nitrogens is 1. The lowest BCUT2D eigenvalue weighted by Gasteiger charge is -2.04. The number of nitrogens with one attached hydrogen (secondary N) is 1. The molecule has 1 amide bonds. The maximum Gasteiger partial charge on any atom is 0.251 e. The lowest BCUT2D eigenvalue weighted by atomic mass is 10.2. The number of hydrogen-bond donors (Lipinski definition) is 1. The van der Waals surface area contributed by atoms with Gasteiger partial charge in [0.05, 0.1) is 0 Å². The standard InChI is InChI=1S/C13H12F2N2O/c1-17-5-4-9(8-17)7-16-13(18)10-2-3-11(14)12(15)6-10/h2-6,8H,7H2,1H3,(H,16,18). The van der Waals surface area contributed by atoms with Gasteiger partial charge in [-0.05, 0) is 29.8 Å². The van der Waals surface area contributed by atoms with Gasteiger partial charge in [-0.15, -0.1) is 0 Å². The summed E-state index contributed by atoms with van der Waals surface area (Å²) in [5.41, 5.74) is 1.04. The van der Waals surface area contributed by atoms with Crippen molar-refractivity contribution < 1.29 is 13.6 Å². The van der Waals surface area contributed by atoms with Crippen LogP contribution in [0.15, 0.2) is 36.7 Å². The largest absolute Gasteiger partial charge is 0.357 e. The van der Waals surface area contributed by atoms with Gasteiger partial charge in [-0.2, -0.15) is 0 Å². The van der Waals surface area contributed by atoms with Crippen LogP contribution in [0, 0.1) is 11.6 Å². The van der Waals surface area contributed by atoms with E-state index < -0.39 is 17.5 Å². The van der Waals surface area contributed by atoms with E-state index in [0.29, 0.717) is 6.54 Å². The Kier molecular flexibility index (Phi) is 3.41. The van der Waals surface area contributed by atoms with E-state index in [-0.39, 0.29) is 5.56 Å². The Bertz CT molecular complexity index is 578. The fourth-order valence-electron chi connectivity index (χ4n) is 1.59. The molecule has 2 aromatic rings. The van der Waals surface area contributed by atoms with E-state index >= 15 is 0 Å². The summed E-state index contributed by atoms with van der Waals surface area (Å²) < 4.78 is 27.5. The lowest BCUT2D eigenvalue weighted by molar-refractivity contribution is 0.0950. The van der Waals surface area contributed by atoms with Crippen molar-refractivity contribution in [2.75, 3.05) is 0 Å². The molecule has 0 aliphatic heterocycles. The zero-order valence-corrected chi connectivity index (χ0v) is 9.78. The van der Waals surface area contributed by atoms with E-state index in [0.717, 1.165) is 17.7 Å². The van der Waals surface area contributed by atoms with Crippen LogP contribution in [0.3, 0.4) is 0 Å². The number of hydrogen-bond acceptors (Lipinski definition) is 1. The molecule has 0 aliphatic carbocycles. The Labute approximate surface area is 103 Å². The normalized spacial score (nSPS) is 10.4. The highest BCUT2D eigenvalue weighted by atomic mass is 19.2. The molecule has 0 unspecified atom stereocenters. The molecular formula is C13H12F2N2O. The summed E-state index contributed by atoms with van der Waals surface area (Å²) in [6.07, 6.45) is 3.73. The number of rotatable bonds is 3. The summed E-state index contributed by atoms with van der Waals surface area (Å²) in [5, 5.41) is 2.63. The third kappa shape index (κ3) is 2.74. The van der Waals surface area contributed by atoms with Crippen LogP contribution in [-0.2, 0) is 13.6 Å². The quantitative estimate of drug-likeness (QED) is 0.890. The van der Waals surface area contributed by atoms with Crippen LogP contribution in [0.5, 0.6) is 0 Å². The molecule has 1 aromatic heterocycles. The van der Waals surface area contributed by atoms with E-state index in [1.807, 2.05) is 30.1 Å². The zero-order chi connectivity index (χ0) is 13.1. The smallest absolute Gasteiger partial charge is 0.251 e. The molecular weight excluding hydrogens is 238 g/mol. The molecule has 1 heterocycles. The third-order valence-corrected chi connectivity index (χ3v) is 2.53. The number of carbonyl (C=O) groups excluding carboxylic acids is 1. The van der Waals surface area contributed by atoms with Crippen molar-refractivity contribution >= 4 is 5.91 Å². The van der Waals surface area contributed by atoms with Crippen LogP contribution in [0.2, 0.25) is 0 Å². The van der Waals surface area contributed by atoms with Crippen molar-refractivity contribution in [1.82, 2.24) is 9.88 Å². The van der Waals surface area contributed by atoms with Crippen molar-refractivity contribution in [1.29, 1.82) is 0 Å². The average molecular weight is 250 g/mol. The molecule has 0 atom stereocenters. The highest BCUT2D eigenvalue weighted by Gasteiger charge is 2.09. The van der Waals surface area contributed by atoms with Gasteiger partial charge in [0, 0.05) is 31.5 Å². The second kappa shape index (κ2) is 5.00. The number of aryl methyl sites for hydroxylation is 1. The lowest BCUT2D eigenvalue weighted by Crippen LogP contribution is -2.22. The fourth-order valence-corrected chi connectivity index (χ4v) is 1.59. The molecule has 2 rings (SSSR count). The Morgan fingerprint density at radius 1 is 1.28 bits per heavy atom. The second-order valence-corrected chi connectivity index (χ2v) is 4.00. The van der Waals surface area contributed by atoms with Crippen LogP contribution in [0.1, 0.15) is 15.9 Å². The number of halogens is 2. The number of benzene rings is 1. The maximum atomic E-state index is 12.9. The molecule has 0 saturated heterocycles. The van der Waals surface area contributed by atoms with Gasteiger partial charge in [0.25, 0.3) is 5.91 Å². The van der Waals surface area contributed by atoms with Gasteiger partial charge in [-0.1, -0.05) is 0 Å². The molecule has 0 bridgehead atoms. The third-order valence-electron chi connectivity index (χ3n) is 2.53. The summed E-state index contributed by atoms with van der Waals surface area (Å²) in [6, 6.07) is 4.94. The molecule has 18 heavy (non-hydrogen) atoms. The number of nitrogens with zero attached hydrogens (tertiary/aromatic N) is 1. The minimum Gasteiger partial charge on any atom is -0.357 e.